The number of imide groups is 1. The van der Waals surface area contributed by atoms with Crippen LogP contribution in [0.15, 0.2) is 30.3 Å². The highest BCUT2D eigenvalue weighted by atomic mass is 16.2. The zero-order valence-corrected chi connectivity index (χ0v) is 10.5. The van der Waals surface area contributed by atoms with Gasteiger partial charge in [-0.15, -0.1) is 0 Å². The van der Waals surface area contributed by atoms with Crippen LogP contribution in [0.2, 0.25) is 0 Å². The van der Waals surface area contributed by atoms with Gasteiger partial charge in [0.25, 0.3) is 0 Å². The number of hydrogen-bond donors (Lipinski definition) is 1. The maximum absolute atomic E-state index is 12.1. The highest BCUT2D eigenvalue weighted by molar-refractivity contribution is 6.05. The first-order valence-electron chi connectivity index (χ1n) is 6.21. The molecule has 5 heteroatoms. The highest BCUT2D eigenvalue weighted by Crippen LogP contribution is 2.24. The Morgan fingerprint density at radius 3 is 2.58 bits per heavy atom. The molecule has 1 aliphatic heterocycles. The molecule has 1 aromatic carbocycles. The molecule has 0 saturated carbocycles. The van der Waals surface area contributed by atoms with Gasteiger partial charge in [0.15, 0.2) is 0 Å². The van der Waals surface area contributed by atoms with Crippen LogP contribution in [0, 0.1) is 5.92 Å². The third-order valence-corrected chi connectivity index (χ3v) is 3.22. The molecule has 19 heavy (non-hydrogen) atoms. The second kappa shape index (κ2) is 5.75. The molecule has 1 aromatic rings. The molecule has 0 bridgehead atoms. The highest BCUT2D eigenvalue weighted by Gasteiger charge is 2.38. The fourth-order valence-electron chi connectivity index (χ4n) is 2.20. The van der Waals surface area contributed by atoms with Gasteiger partial charge in [0.2, 0.25) is 11.8 Å². The Morgan fingerprint density at radius 1 is 1.26 bits per heavy atom. The van der Waals surface area contributed by atoms with Gasteiger partial charge in [-0.3, -0.25) is 19.3 Å². The molecule has 2 N–H and O–H groups in total. The number of benzene rings is 1. The SMILES string of the molecule is NCC(=O)CC1CC(=O)N(Cc2ccccc2)C1=O. The van der Waals surface area contributed by atoms with Crippen molar-refractivity contribution < 1.29 is 14.4 Å². The van der Waals surface area contributed by atoms with Gasteiger partial charge < -0.3 is 5.73 Å². The molecule has 1 unspecified atom stereocenters. The van der Waals surface area contributed by atoms with Crippen molar-refractivity contribution in [2.45, 2.75) is 19.4 Å². The molecule has 1 heterocycles. The van der Waals surface area contributed by atoms with Crippen LogP contribution >= 0.6 is 0 Å². The van der Waals surface area contributed by atoms with Crippen molar-refractivity contribution in [3.63, 3.8) is 0 Å². The van der Waals surface area contributed by atoms with E-state index in [9.17, 15) is 14.4 Å². The Balaban J connectivity index is 2.04. The van der Waals surface area contributed by atoms with Crippen molar-refractivity contribution >= 4 is 17.6 Å². The maximum Gasteiger partial charge on any atom is 0.233 e. The summed E-state index contributed by atoms with van der Waals surface area (Å²) in [5.41, 5.74) is 6.13. The number of hydrogen-bond acceptors (Lipinski definition) is 4. The number of ketones is 1. The van der Waals surface area contributed by atoms with Gasteiger partial charge in [-0.2, -0.15) is 0 Å². The second-order valence-electron chi connectivity index (χ2n) is 4.65. The number of amides is 2. The zero-order chi connectivity index (χ0) is 13.8. The largest absolute Gasteiger partial charge is 0.324 e. The van der Waals surface area contributed by atoms with Crippen molar-refractivity contribution in [1.82, 2.24) is 4.90 Å². The van der Waals surface area contributed by atoms with Crippen LogP contribution in [0.1, 0.15) is 18.4 Å². The first kappa shape index (κ1) is 13.4. The Hall–Kier alpha value is -2.01. The average molecular weight is 260 g/mol. The minimum absolute atomic E-state index is 0.0619. The Morgan fingerprint density at radius 2 is 1.95 bits per heavy atom. The molecule has 1 aliphatic rings. The minimum Gasteiger partial charge on any atom is -0.324 e. The van der Waals surface area contributed by atoms with Crippen molar-refractivity contribution in [2.75, 3.05) is 6.54 Å². The lowest BCUT2D eigenvalue weighted by Gasteiger charge is -2.14. The Labute approximate surface area is 111 Å². The first-order valence-corrected chi connectivity index (χ1v) is 6.21. The summed E-state index contributed by atoms with van der Waals surface area (Å²) in [7, 11) is 0. The third-order valence-electron chi connectivity index (χ3n) is 3.22. The van der Waals surface area contributed by atoms with E-state index in [-0.39, 0.29) is 43.5 Å². The Kier molecular flexibility index (Phi) is 4.06. The van der Waals surface area contributed by atoms with Crippen molar-refractivity contribution in [1.29, 1.82) is 0 Å². The number of carbonyl (C=O) groups is 3. The number of likely N-dealkylation sites (tertiary alicyclic amines) is 1. The van der Waals surface area contributed by atoms with Gasteiger partial charge in [0, 0.05) is 12.8 Å². The van der Waals surface area contributed by atoms with Crippen LogP contribution in [-0.4, -0.2) is 29.0 Å². The number of nitrogens with zero attached hydrogens (tertiary/aromatic N) is 1. The lowest BCUT2D eigenvalue weighted by Crippen LogP contribution is -2.31. The molecule has 2 amide bonds. The van der Waals surface area contributed by atoms with Crippen LogP contribution in [0.3, 0.4) is 0 Å². The molecule has 1 atom stereocenters. The van der Waals surface area contributed by atoms with Crippen LogP contribution in [0.25, 0.3) is 0 Å². The van der Waals surface area contributed by atoms with E-state index < -0.39 is 5.92 Å². The first-order chi connectivity index (χ1) is 9.11. The van der Waals surface area contributed by atoms with Gasteiger partial charge in [0.1, 0.15) is 5.78 Å². The molecule has 1 fully saturated rings. The number of Topliss-reactive ketones (excluding diaryl/α,β-unsaturated/α-hetero) is 1. The van der Waals surface area contributed by atoms with Crippen LogP contribution in [-0.2, 0) is 20.9 Å². The Bertz CT molecular complexity index is 499. The summed E-state index contributed by atoms with van der Waals surface area (Å²) in [6.07, 6.45) is 0.170. The van der Waals surface area contributed by atoms with E-state index in [4.69, 9.17) is 5.73 Å². The summed E-state index contributed by atoms with van der Waals surface area (Å²) in [6.45, 7) is 0.183. The average Bonchev–Trinajstić information content (AvgIpc) is 2.67. The predicted octanol–water partition coefficient (Wildman–Crippen LogP) is 0.480. The van der Waals surface area contributed by atoms with Crippen LogP contribution in [0.5, 0.6) is 0 Å². The minimum atomic E-state index is -0.535. The normalized spacial score (nSPS) is 19.0. The molecular formula is C14H16N2O3. The molecule has 100 valence electrons. The van der Waals surface area contributed by atoms with Crippen molar-refractivity contribution in [3.8, 4) is 0 Å². The fraction of sp³-hybridized carbons (Fsp3) is 0.357. The van der Waals surface area contributed by atoms with Crippen molar-refractivity contribution in [3.05, 3.63) is 35.9 Å². The lowest BCUT2D eigenvalue weighted by molar-refractivity contribution is -0.140. The zero-order valence-electron chi connectivity index (χ0n) is 10.5. The summed E-state index contributed by atoms with van der Waals surface area (Å²) in [5, 5.41) is 0. The molecule has 0 aliphatic carbocycles. The van der Waals surface area contributed by atoms with Crippen molar-refractivity contribution in [2.24, 2.45) is 11.7 Å². The van der Waals surface area contributed by atoms with Gasteiger partial charge in [-0.1, -0.05) is 30.3 Å². The van der Waals surface area contributed by atoms with E-state index in [0.29, 0.717) is 0 Å². The predicted molar refractivity (Wildman–Crippen MR) is 68.8 cm³/mol. The topological polar surface area (TPSA) is 80.5 Å². The summed E-state index contributed by atoms with van der Waals surface area (Å²) in [6, 6.07) is 9.31. The molecule has 2 rings (SSSR count). The summed E-state index contributed by atoms with van der Waals surface area (Å²) in [5.74, 6) is -1.21. The van der Waals surface area contributed by atoms with Gasteiger partial charge >= 0.3 is 0 Å². The van der Waals surface area contributed by atoms with E-state index in [1.54, 1.807) is 0 Å². The van der Waals surface area contributed by atoms with Gasteiger partial charge in [-0.05, 0) is 5.56 Å². The van der Waals surface area contributed by atoms with Gasteiger partial charge in [-0.25, -0.2) is 0 Å². The summed E-state index contributed by atoms with van der Waals surface area (Å²) in [4.78, 5) is 36.4. The summed E-state index contributed by atoms with van der Waals surface area (Å²) < 4.78 is 0. The van der Waals surface area contributed by atoms with E-state index in [2.05, 4.69) is 0 Å². The molecule has 0 radical (unpaired) electrons. The van der Waals surface area contributed by atoms with E-state index >= 15 is 0 Å². The standard InChI is InChI=1S/C14H16N2O3/c15-8-12(17)6-11-7-13(18)16(14(11)19)9-10-4-2-1-3-5-10/h1-5,11H,6-9,15H2. The number of carbonyl (C=O) groups excluding carboxylic acids is 3. The van der Waals surface area contributed by atoms with Crippen LogP contribution < -0.4 is 5.73 Å². The smallest absolute Gasteiger partial charge is 0.233 e. The second-order valence-corrected chi connectivity index (χ2v) is 4.65. The number of rotatable bonds is 5. The lowest BCUT2D eigenvalue weighted by atomic mass is 10.0. The quantitative estimate of drug-likeness (QED) is 0.781. The number of nitrogens with two attached hydrogens (primary N) is 1. The monoisotopic (exact) mass is 260 g/mol. The van der Waals surface area contributed by atoms with E-state index in [1.807, 2.05) is 30.3 Å². The molecule has 0 spiro atoms. The van der Waals surface area contributed by atoms with Crippen LogP contribution in [0.4, 0.5) is 0 Å². The van der Waals surface area contributed by atoms with Gasteiger partial charge in [0.05, 0.1) is 19.0 Å². The van der Waals surface area contributed by atoms with E-state index in [0.717, 1.165) is 5.56 Å². The third kappa shape index (κ3) is 3.06. The molecular weight excluding hydrogens is 244 g/mol. The summed E-state index contributed by atoms with van der Waals surface area (Å²) >= 11 is 0. The fourth-order valence-corrected chi connectivity index (χ4v) is 2.20. The molecule has 0 aromatic heterocycles. The maximum atomic E-state index is 12.1. The van der Waals surface area contributed by atoms with E-state index in [1.165, 1.54) is 4.90 Å². The molecule has 1 saturated heterocycles. The molecule has 5 nitrogen and oxygen atoms in total.